The molecule has 3 radical (unpaired) electrons. The average molecular weight is 291 g/mol. The predicted molar refractivity (Wildman–Crippen MR) is 71.6 cm³/mol. The van der Waals surface area contributed by atoms with Crippen LogP contribution < -0.4 is 9.47 Å². The molecule has 1 aromatic carbocycles. The van der Waals surface area contributed by atoms with Crippen LogP contribution in [0.4, 0.5) is 0 Å². The van der Waals surface area contributed by atoms with E-state index in [1.165, 1.54) is 0 Å². The molecule has 2 heterocycles. The van der Waals surface area contributed by atoms with Gasteiger partial charge >= 0.3 is 0 Å². The Hall–Kier alpha value is -1.37. The number of ether oxygens (including phenoxy) is 4. The molecule has 0 saturated carbocycles. The van der Waals surface area contributed by atoms with E-state index in [-0.39, 0.29) is 19.0 Å². The lowest BCUT2D eigenvalue weighted by atomic mass is 9.96. The van der Waals surface area contributed by atoms with Crippen LogP contribution in [-0.2, 0) is 9.47 Å². The summed E-state index contributed by atoms with van der Waals surface area (Å²) in [5.74, 6) is 1.51. The number of aldehydes is 1. The largest absolute Gasteiger partial charge is 0.467 e. The van der Waals surface area contributed by atoms with E-state index < -0.39 is 0 Å². The van der Waals surface area contributed by atoms with Crippen molar-refractivity contribution in [1.82, 2.24) is 0 Å². The minimum Gasteiger partial charge on any atom is -0.467 e. The van der Waals surface area contributed by atoms with Crippen molar-refractivity contribution in [3.8, 4) is 11.5 Å². The number of carbonyl (C=O) groups is 1. The summed E-state index contributed by atoms with van der Waals surface area (Å²) in [5, 5.41) is 0. The molecule has 0 aromatic heterocycles. The molecule has 5 nitrogen and oxygen atoms in total. The van der Waals surface area contributed by atoms with Crippen molar-refractivity contribution in [2.45, 2.75) is 24.7 Å². The average Bonchev–Trinajstić information content (AvgIpc) is 3.03. The maximum absolute atomic E-state index is 11.0. The zero-order valence-electron chi connectivity index (χ0n) is 11.0. The Labute approximate surface area is 120 Å². The van der Waals surface area contributed by atoms with Gasteiger partial charge < -0.3 is 18.9 Å². The monoisotopic (exact) mass is 291 g/mol. The quantitative estimate of drug-likeness (QED) is 0.345. The van der Waals surface area contributed by atoms with Gasteiger partial charge in [0.1, 0.15) is 17.8 Å². The van der Waals surface area contributed by atoms with E-state index in [2.05, 4.69) is 10.2 Å². The van der Waals surface area contributed by atoms with Crippen LogP contribution in [0.5, 0.6) is 11.5 Å². The maximum atomic E-state index is 11.0. The molecular weight excluding hydrogens is 276 g/mol. The molecule has 105 valence electrons. The van der Waals surface area contributed by atoms with Gasteiger partial charge in [0.05, 0.1) is 12.5 Å². The summed E-state index contributed by atoms with van der Waals surface area (Å²) in [7, 11) is 3.33. The van der Waals surface area contributed by atoms with Crippen LogP contribution in [0.15, 0.2) is 12.1 Å². The summed E-state index contributed by atoms with van der Waals surface area (Å²) in [6.07, 6.45) is 1.43. The van der Waals surface area contributed by atoms with Gasteiger partial charge in [0, 0.05) is 28.0 Å². The van der Waals surface area contributed by atoms with Crippen LogP contribution in [-0.4, -0.2) is 42.8 Å². The van der Waals surface area contributed by atoms with Crippen LogP contribution >= 0.6 is 0 Å². The second kappa shape index (κ2) is 5.95. The third-order valence-electron chi connectivity index (χ3n) is 3.46. The van der Waals surface area contributed by atoms with Gasteiger partial charge in [-0.1, -0.05) is 0 Å². The minimum atomic E-state index is -0.252. The smallest absolute Gasteiger partial charge is 0.207 e. The Balaban J connectivity index is 1.84. The number of fused-ring (bicyclic) bond motifs is 3. The normalized spacial score (nSPS) is 23.1. The second-order valence-corrected chi connectivity index (χ2v) is 5.22. The molecule has 2 atom stereocenters. The number of benzene rings is 1. The molecule has 2 aliphatic heterocycles. The summed E-state index contributed by atoms with van der Waals surface area (Å²) in [5.41, 5.74) is 1.51. The van der Waals surface area contributed by atoms with Crippen molar-refractivity contribution in [3.63, 3.8) is 0 Å². The molecule has 0 amide bonds. The van der Waals surface area contributed by atoms with Gasteiger partial charge in [-0.3, -0.25) is 4.79 Å². The molecule has 6 heteroatoms. The Morgan fingerprint density at radius 3 is 3.15 bits per heavy atom. The van der Waals surface area contributed by atoms with Gasteiger partial charge in [-0.25, -0.2) is 0 Å². The Bertz CT molecular complexity index is 505. The van der Waals surface area contributed by atoms with E-state index in [0.717, 1.165) is 24.3 Å². The van der Waals surface area contributed by atoms with E-state index >= 15 is 0 Å². The third-order valence-corrected chi connectivity index (χ3v) is 3.66. The molecule has 20 heavy (non-hydrogen) atoms. The molecule has 3 rings (SSSR count). The lowest BCUT2D eigenvalue weighted by Gasteiger charge is -2.13. The second-order valence-electron chi connectivity index (χ2n) is 4.72. The van der Waals surface area contributed by atoms with Crippen LogP contribution in [0.2, 0.25) is 6.04 Å². The first-order valence-electron chi connectivity index (χ1n) is 6.60. The first kappa shape index (κ1) is 13.6. The van der Waals surface area contributed by atoms with Crippen LogP contribution in [0.25, 0.3) is 0 Å². The highest BCUT2D eigenvalue weighted by Gasteiger charge is 2.41. The lowest BCUT2D eigenvalue weighted by Crippen LogP contribution is -2.14. The summed E-state index contributed by atoms with van der Waals surface area (Å²) >= 11 is 0. The molecule has 2 aliphatic rings. The first-order chi connectivity index (χ1) is 9.83. The lowest BCUT2D eigenvalue weighted by molar-refractivity contribution is -0.0338. The summed E-state index contributed by atoms with van der Waals surface area (Å²) in [6, 6.07) is 4.21. The molecular formula is C14H15O5Si. The minimum absolute atomic E-state index is 0.150. The van der Waals surface area contributed by atoms with E-state index in [1.807, 2.05) is 0 Å². The summed E-state index contributed by atoms with van der Waals surface area (Å²) in [4.78, 5) is 11.0. The Kier molecular flexibility index (Phi) is 4.04. The number of hydrogen-bond acceptors (Lipinski definition) is 5. The number of hydrogen-bond donors (Lipinski definition) is 0. The van der Waals surface area contributed by atoms with Crippen molar-refractivity contribution in [1.29, 1.82) is 0 Å². The molecule has 0 bridgehead atoms. The molecule has 0 N–H and O–H groups in total. The van der Waals surface area contributed by atoms with Gasteiger partial charge in [0.15, 0.2) is 6.79 Å². The van der Waals surface area contributed by atoms with E-state index in [9.17, 15) is 4.79 Å². The van der Waals surface area contributed by atoms with Crippen LogP contribution in [0.1, 0.15) is 28.3 Å². The summed E-state index contributed by atoms with van der Waals surface area (Å²) in [6.45, 7) is 1.40. The van der Waals surface area contributed by atoms with Crippen molar-refractivity contribution in [2.24, 2.45) is 0 Å². The fourth-order valence-electron chi connectivity index (χ4n) is 2.59. The van der Waals surface area contributed by atoms with Gasteiger partial charge in [-0.15, -0.1) is 0 Å². The van der Waals surface area contributed by atoms with Gasteiger partial charge in [-0.2, -0.15) is 0 Å². The standard InChI is InChI=1S/C14H15O5Si/c15-7-9-5-11(18-8-16-3-4-20)13-10-1-2-17-14(10)19-12(13)6-9/h5-7,10,14H,1-4,8H2/t10-,14+/m0/s1. The van der Waals surface area contributed by atoms with Gasteiger partial charge in [0.2, 0.25) is 6.29 Å². The Morgan fingerprint density at radius 1 is 1.45 bits per heavy atom. The molecule has 1 aromatic rings. The van der Waals surface area contributed by atoms with Crippen molar-refractivity contribution >= 4 is 16.5 Å². The van der Waals surface area contributed by atoms with E-state index in [1.54, 1.807) is 12.1 Å². The summed E-state index contributed by atoms with van der Waals surface area (Å²) < 4.78 is 22.2. The topological polar surface area (TPSA) is 54.0 Å². The predicted octanol–water partition coefficient (Wildman–Crippen LogP) is 1.66. The van der Waals surface area contributed by atoms with Crippen molar-refractivity contribution in [3.05, 3.63) is 23.3 Å². The zero-order chi connectivity index (χ0) is 13.9. The highest BCUT2D eigenvalue weighted by atomic mass is 28.1. The Morgan fingerprint density at radius 2 is 2.35 bits per heavy atom. The van der Waals surface area contributed by atoms with Crippen molar-refractivity contribution < 1.29 is 23.7 Å². The highest BCUT2D eigenvalue weighted by Crippen LogP contribution is 2.48. The fraction of sp³-hybridized carbons (Fsp3) is 0.500. The number of carbonyl (C=O) groups excluding carboxylic acids is 1. The maximum Gasteiger partial charge on any atom is 0.207 e. The first-order valence-corrected chi connectivity index (χ1v) is 7.30. The zero-order valence-corrected chi connectivity index (χ0v) is 12.0. The van der Waals surface area contributed by atoms with Gasteiger partial charge in [-0.05, 0) is 24.6 Å². The van der Waals surface area contributed by atoms with Crippen molar-refractivity contribution in [2.75, 3.05) is 20.0 Å². The third kappa shape index (κ3) is 2.46. The molecule has 0 spiro atoms. The van der Waals surface area contributed by atoms with Crippen LogP contribution in [0.3, 0.4) is 0 Å². The van der Waals surface area contributed by atoms with E-state index in [0.29, 0.717) is 30.3 Å². The molecule has 0 aliphatic carbocycles. The highest BCUT2D eigenvalue weighted by molar-refractivity contribution is 6.08. The number of rotatable bonds is 6. The molecule has 1 saturated heterocycles. The molecule has 0 unspecified atom stereocenters. The van der Waals surface area contributed by atoms with Crippen LogP contribution in [0, 0.1) is 0 Å². The fourth-order valence-corrected chi connectivity index (χ4v) is 2.74. The van der Waals surface area contributed by atoms with E-state index in [4.69, 9.17) is 18.9 Å². The SMILES string of the molecule is O=Cc1cc(OCOCC[Si])c2c(c1)O[C@H]1OCC[C@@H]21. The van der Waals surface area contributed by atoms with Gasteiger partial charge in [0.25, 0.3) is 0 Å². The molecule has 1 fully saturated rings.